The first-order valence-corrected chi connectivity index (χ1v) is 5.98. The fourth-order valence-electron chi connectivity index (χ4n) is 1.37. The van der Waals surface area contributed by atoms with Crippen LogP contribution < -0.4 is 0 Å². The van der Waals surface area contributed by atoms with Crippen molar-refractivity contribution >= 4 is 27.5 Å². The van der Waals surface area contributed by atoms with Gasteiger partial charge in [-0.1, -0.05) is 6.92 Å². The first kappa shape index (κ1) is 12.1. The van der Waals surface area contributed by atoms with E-state index in [-0.39, 0.29) is 5.38 Å². The topological polar surface area (TPSA) is 17.8 Å². The molecule has 0 radical (unpaired) electrons. The van der Waals surface area contributed by atoms with E-state index in [0.717, 1.165) is 16.6 Å². The first-order valence-electron chi connectivity index (χ1n) is 4.75. The van der Waals surface area contributed by atoms with Gasteiger partial charge in [-0.25, -0.2) is 0 Å². The smallest absolute Gasteiger partial charge is 0.0738 e. The molecule has 0 saturated heterocycles. The molecule has 0 saturated carbocycles. The van der Waals surface area contributed by atoms with E-state index in [1.54, 1.807) is 0 Å². The summed E-state index contributed by atoms with van der Waals surface area (Å²) in [5, 5.41) is 4.54. The van der Waals surface area contributed by atoms with E-state index < -0.39 is 0 Å². The number of aryl methyl sites for hydroxylation is 2. The molecule has 0 fully saturated rings. The molecule has 1 aromatic heterocycles. The molecule has 4 heteroatoms. The van der Waals surface area contributed by atoms with Gasteiger partial charge in [0.1, 0.15) is 0 Å². The summed E-state index contributed by atoms with van der Waals surface area (Å²) in [6.45, 7) is 6.19. The zero-order valence-corrected chi connectivity index (χ0v) is 11.4. The van der Waals surface area contributed by atoms with Gasteiger partial charge in [-0.05, 0) is 42.1 Å². The second kappa shape index (κ2) is 4.67. The molecule has 0 amide bonds. The van der Waals surface area contributed by atoms with Crippen LogP contribution in [0.5, 0.6) is 0 Å². The molecular formula is C10H16BrClN2. The molecule has 0 aliphatic heterocycles. The summed E-state index contributed by atoms with van der Waals surface area (Å²) in [6.07, 6.45) is 0.961. The Morgan fingerprint density at radius 2 is 2.07 bits per heavy atom. The van der Waals surface area contributed by atoms with E-state index in [4.69, 9.17) is 11.6 Å². The van der Waals surface area contributed by atoms with Crippen LogP contribution in [0.15, 0.2) is 4.47 Å². The molecule has 0 N–H and O–H groups in total. The summed E-state index contributed by atoms with van der Waals surface area (Å²) < 4.78 is 3.04. The van der Waals surface area contributed by atoms with E-state index in [1.807, 2.05) is 25.6 Å². The SMILES string of the molecule is Cc1nn(C)c(CC(C)C(C)Cl)c1Br. The lowest BCUT2D eigenvalue weighted by Crippen LogP contribution is -2.13. The van der Waals surface area contributed by atoms with Crippen molar-refractivity contribution in [2.24, 2.45) is 13.0 Å². The average molecular weight is 280 g/mol. The van der Waals surface area contributed by atoms with Crippen LogP contribution in [0.1, 0.15) is 25.2 Å². The average Bonchev–Trinajstić information content (AvgIpc) is 2.32. The molecule has 0 aliphatic carbocycles. The van der Waals surface area contributed by atoms with Gasteiger partial charge in [0.15, 0.2) is 0 Å². The molecule has 0 aliphatic rings. The van der Waals surface area contributed by atoms with E-state index in [1.165, 1.54) is 5.69 Å². The minimum atomic E-state index is 0.192. The predicted molar refractivity (Wildman–Crippen MR) is 63.8 cm³/mol. The molecule has 1 aromatic rings. The van der Waals surface area contributed by atoms with E-state index in [2.05, 4.69) is 28.0 Å². The van der Waals surface area contributed by atoms with Gasteiger partial charge in [-0.3, -0.25) is 4.68 Å². The summed E-state index contributed by atoms with van der Waals surface area (Å²) in [4.78, 5) is 0. The maximum absolute atomic E-state index is 6.04. The highest BCUT2D eigenvalue weighted by Gasteiger charge is 2.16. The maximum Gasteiger partial charge on any atom is 0.0738 e. The van der Waals surface area contributed by atoms with Gasteiger partial charge in [0.25, 0.3) is 0 Å². The largest absolute Gasteiger partial charge is 0.271 e. The maximum atomic E-state index is 6.04. The van der Waals surface area contributed by atoms with Crippen molar-refractivity contribution in [1.29, 1.82) is 0 Å². The normalized spacial score (nSPS) is 15.6. The highest BCUT2D eigenvalue weighted by molar-refractivity contribution is 9.10. The molecule has 1 rings (SSSR count). The Labute approximate surface area is 98.8 Å². The minimum absolute atomic E-state index is 0.192. The molecule has 0 bridgehead atoms. The number of alkyl halides is 1. The zero-order chi connectivity index (χ0) is 10.9. The predicted octanol–water partition coefficient (Wildman–Crippen LogP) is 3.30. The zero-order valence-electron chi connectivity index (χ0n) is 9.01. The molecule has 80 valence electrons. The Hall–Kier alpha value is -0.0200. The van der Waals surface area contributed by atoms with Gasteiger partial charge >= 0.3 is 0 Å². The summed E-state index contributed by atoms with van der Waals surface area (Å²) >= 11 is 9.60. The van der Waals surface area contributed by atoms with Crippen LogP contribution in [0.4, 0.5) is 0 Å². The lowest BCUT2D eigenvalue weighted by molar-refractivity contribution is 0.538. The second-order valence-electron chi connectivity index (χ2n) is 3.83. The molecule has 2 nitrogen and oxygen atoms in total. The molecule has 2 atom stereocenters. The third kappa shape index (κ3) is 2.51. The van der Waals surface area contributed by atoms with Gasteiger partial charge in [0.2, 0.25) is 0 Å². The number of nitrogens with zero attached hydrogens (tertiary/aromatic N) is 2. The van der Waals surface area contributed by atoms with Crippen molar-refractivity contribution < 1.29 is 0 Å². The first-order chi connectivity index (χ1) is 6.43. The molecule has 0 aromatic carbocycles. The van der Waals surface area contributed by atoms with Gasteiger partial charge in [0.05, 0.1) is 15.9 Å². The van der Waals surface area contributed by atoms with Crippen molar-refractivity contribution in [2.75, 3.05) is 0 Å². The van der Waals surface area contributed by atoms with Gasteiger partial charge in [-0.2, -0.15) is 5.10 Å². The van der Waals surface area contributed by atoms with E-state index >= 15 is 0 Å². The lowest BCUT2D eigenvalue weighted by atomic mass is 10.0. The third-order valence-electron chi connectivity index (χ3n) is 2.56. The molecular weight excluding hydrogens is 263 g/mol. The van der Waals surface area contributed by atoms with Gasteiger partial charge in [0, 0.05) is 12.4 Å². The van der Waals surface area contributed by atoms with E-state index in [0.29, 0.717) is 5.92 Å². The fraction of sp³-hybridized carbons (Fsp3) is 0.700. The Morgan fingerprint density at radius 1 is 1.50 bits per heavy atom. The van der Waals surface area contributed by atoms with Crippen LogP contribution in [0.3, 0.4) is 0 Å². The van der Waals surface area contributed by atoms with Crippen LogP contribution in [0.2, 0.25) is 0 Å². The van der Waals surface area contributed by atoms with Crippen LogP contribution >= 0.6 is 27.5 Å². The van der Waals surface area contributed by atoms with Crippen molar-refractivity contribution in [3.8, 4) is 0 Å². The number of hydrogen-bond donors (Lipinski definition) is 0. The Bertz CT molecular complexity index is 320. The number of hydrogen-bond acceptors (Lipinski definition) is 1. The van der Waals surface area contributed by atoms with Crippen LogP contribution in [-0.2, 0) is 13.5 Å². The Balaban J connectivity index is 2.86. The van der Waals surface area contributed by atoms with Crippen molar-refractivity contribution in [2.45, 2.75) is 32.6 Å². The molecule has 1 heterocycles. The summed E-state index contributed by atoms with van der Waals surface area (Å²) in [7, 11) is 1.97. The molecule has 2 unspecified atom stereocenters. The summed E-state index contributed by atoms with van der Waals surface area (Å²) in [6, 6.07) is 0. The highest BCUT2D eigenvalue weighted by Crippen LogP contribution is 2.24. The summed E-state index contributed by atoms with van der Waals surface area (Å²) in [5.74, 6) is 0.461. The minimum Gasteiger partial charge on any atom is -0.271 e. The fourth-order valence-corrected chi connectivity index (χ4v) is 1.96. The van der Waals surface area contributed by atoms with Crippen molar-refractivity contribution in [1.82, 2.24) is 9.78 Å². The second-order valence-corrected chi connectivity index (χ2v) is 5.31. The number of rotatable bonds is 3. The van der Waals surface area contributed by atoms with Crippen molar-refractivity contribution in [3.05, 3.63) is 15.9 Å². The standard InChI is InChI=1S/C10H16BrClN2/c1-6(7(2)12)5-9-10(11)8(3)13-14(9)4/h6-7H,5H2,1-4H3. The summed E-state index contributed by atoms with van der Waals surface area (Å²) in [5.41, 5.74) is 2.26. The number of aromatic nitrogens is 2. The monoisotopic (exact) mass is 278 g/mol. The quantitative estimate of drug-likeness (QED) is 0.776. The highest BCUT2D eigenvalue weighted by atomic mass is 79.9. The molecule has 0 spiro atoms. The number of halogens is 2. The Kier molecular flexibility index (Phi) is 4.02. The lowest BCUT2D eigenvalue weighted by Gasteiger charge is -2.13. The van der Waals surface area contributed by atoms with E-state index in [9.17, 15) is 0 Å². The van der Waals surface area contributed by atoms with Gasteiger partial charge in [-0.15, -0.1) is 11.6 Å². The van der Waals surface area contributed by atoms with Crippen LogP contribution in [0, 0.1) is 12.8 Å². The third-order valence-corrected chi connectivity index (χ3v) is 4.02. The van der Waals surface area contributed by atoms with Crippen molar-refractivity contribution in [3.63, 3.8) is 0 Å². The van der Waals surface area contributed by atoms with Crippen LogP contribution in [0.25, 0.3) is 0 Å². The Morgan fingerprint density at radius 3 is 2.43 bits per heavy atom. The molecule has 14 heavy (non-hydrogen) atoms. The van der Waals surface area contributed by atoms with Crippen LogP contribution in [-0.4, -0.2) is 15.2 Å². The van der Waals surface area contributed by atoms with Gasteiger partial charge < -0.3 is 0 Å².